The first-order valence-corrected chi connectivity index (χ1v) is 6.91. The molecule has 2 heteroatoms. The summed E-state index contributed by atoms with van der Waals surface area (Å²) < 4.78 is 0. The molecule has 1 fully saturated rings. The quantitative estimate of drug-likeness (QED) is 0.899. The van der Waals surface area contributed by atoms with Crippen molar-refractivity contribution in [3.05, 3.63) is 48.0 Å². The highest BCUT2D eigenvalue weighted by atomic mass is 14.9. The summed E-state index contributed by atoms with van der Waals surface area (Å²) in [5.41, 5.74) is 1.20. The highest BCUT2D eigenvalue weighted by Gasteiger charge is 2.36. The second-order valence-corrected chi connectivity index (χ2v) is 5.53. The zero-order chi connectivity index (χ0) is 13.1. The normalized spacial score (nSPS) is 16.8. The highest BCUT2D eigenvalue weighted by Crippen LogP contribution is 2.39. The minimum absolute atomic E-state index is 0.0865. The Bertz CT molecular complexity index is 620. The van der Waals surface area contributed by atoms with Crippen LogP contribution in [0.5, 0.6) is 0 Å². The van der Waals surface area contributed by atoms with Gasteiger partial charge in [-0.25, -0.2) is 0 Å². The van der Waals surface area contributed by atoms with Crippen LogP contribution in [0.3, 0.4) is 0 Å². The topological polar surface area (TPSA) is 35.8 Å². The molecule has 3 rings (SSSR count). The second kappa shape index (κ2) is 5.03. The third-order valence-electron chi connectivity index (χ3n) is 4.15. The third-order valence-corrected chi connectivity index (χ3v) is 4.15. The summed E-state index contributed by atoms with van der Waals surface area (Å²) in [6.07, 6.45) is 3.30. The Hall–Kier alpha value is -1.85. The SMILES string of the molecule is N#CC1(CNCc2ccc3ccccc3c2)CCC1. The molecule has 0 unspecified atom stereocenters. The molecule has 0 aromatic heterocycles. The summed E-state index contributed by atoms with van der Waals surface area (Å²) >= 11 is 0. The number of fused-ring (bicyclic) bond motifs is 1. The van der Waals surface area contributed by atoms with Gasteiger partial charge in [0.05, 0.1) is 11.5 Å². The molecule has 19 heavy (non-hydrogen) atoms. The van der Waals surface area contributed by atoms with Crippen molar-refractivity contribution in [2.24, 2.45) is 5.41 Å². The van der Waals surface area contributed by atoms with Crippen molar-refractivity contribution in [2.45, 2.75) is 25.8 Å². The maximum Gasteiger partial charge on any atom is 0.0703 e. The fraction of sp³-hybridized carbons (Fsp3) is 0.353. The molecule has 96 valence electrons. The van der Waals surface area contributed by atoms with Gasteiger partial charge in [0.25, 0.3) is 0 Å². The maximum atomic E-state index is 9.19. The Labute approximate surface area is 114 Å². The second-order valence-electron chi connectivity index (χ2n) is 5.53. The molecule has 0 aliphatic heterocycles. The molecule has 0 amide bonds. The highest BCUT2D eigenvalue weighted by molar-refractivity contribution is 5.82. The van der Waals surface area contributed by atoms with Crippen LogP contribution in [0, 0.1) is 16.7 Å². The molecule has 0 spiro atoms. The fourth-order valence-electron chi connectivity index (χ4n) is 2.73. The van der Waals surface area contributed by atoms with Gasteiger partial charge in [-0.3, -0.25) is 0 Å². The van der Waals surface area contributed by atoms with Gasteiger partial charge in [-0.15, -0.1) is 0 Å². The van der Waals surface area contributed by atoms with E-state index in [1.54, 1.807) is 0 Å². The Morgan fingerprint density at radius 1 is 1.11 bits per heavy atom. The Morgan fingerprint density at radius 3 is 2.58 bits per heavy atom. The van der Waals surface area contributed by atoms with E-state index in [4.69, 9.17) is 0 Å². The van der Waals surface area contributed by atoms with Gasteiger partial charge in [-0.2, -0.15) is 5.26 Å². The minimum atomic E-state index is -0.0865. The predicted octanol–water partition coefficient (Wildman–Crippen LogP) is 3.62. The van der Waals surface area contributed by atoms with E-state index in [9.17, 15) is 5.26 Å². The van der Waals surface area contributed by atoms with Crippen LogP contribution < -0.4 is 5.32 Å². The maximum absolute atomic E-state index is 9.19. The molecule has 0 heterocycles. The first kappa shape index (κ1) is 12.2. The van der Waals surface area contributed by atoms with Crippen LogP contribution in [0.4, 0.5) is 0 Å². The van der Waals surface area contributed by atoms with Crippen LogP contribution >= 0.6 is 0 Å². The van der Waals surface area contributed by atoms with E-state index in [1.807, 2.05) is 0 Å². The lowest BCUT2D eigenvalue weighted by Crippen LogP contribution is -2.38. The largest absolute Gasteiger partial charge is 0.311 e. The summed E-state index contributed by atoms with van der Waals surface area (Å²) in [4.78, 5) is 0. The van der Waals surface area contributed by atoms with Crippen molar-refractivity contribution < 1.29 is 0 Å². The van der Waals surface area contributed by atoms with Crippen molar-refractivity contribution in [3.63, 3.8) is 0 Å². The molecule has 0 saturated heterocycles. The van der Waals surface area contributed by atoms with Crippen LogP contribution in [0.1, 0.15) is 24.8 Å². The number of rotatable bonds is 4. The average molecular weight is 250 g/mol. The lowest BCUT2D eigenvalue weighted by Gasteiger charge is -2.35. The molecule has 2 aromatic rings. The van der Waals surface area contributed by atoms with Crippen molar-refractivity contribution in [3.8, 4) is 6.07 Å². The van der Waals surface area contributed by atoms with Crippen LogP contribution in [-0.2, 0) is 6.54 Å². The number of hydrogen-bond donors (Lipinski definition) is 1. The van der Waals surface area contributed by atoms with Gasteiger partial charge >= 0.3 is 0 Å². The summed E-state index contributed by atoms with van der Waals surface area (Å²) in [6, 6.07) is 17.4. The van der Waals surface area contributed by atoms with Crippen LogP contribution in [-0.4, -0.2) is 6.54 Å². The summed E-state index contributed by atoms with van der Waals surface area (Å²) in [5.74, 6) is 0. The van der Waals surface area contributed by atoms with E-state index in [2.05, 4.69) is 53.9 Å². The van der Waals surface area contributed by atoms with Gasteiger partial charge < -0.3 is 5.32 Å². The predicted molar refractivity (Wildman–Crippen MR) is 77.6 cm³/mol. The van der Waals surface area contributed by atoms with Gasteiger partial charge in [-0.1, -0.05) is 42.8 Å². The summed E-state index contributed by atoms with van der Waals surface area (Å²) in [7, 11) is 0. The smallest absolute Gasteiger partial charge is 0.0703 e. The fourth-order valence-corrected chi connectivity index (χ4v) is 2.73. The van der Waals surface area contributed by atoms with Gasteiger partial charge in [0, 0.05) is 13.1 Å². The first-order valence-electron chi connectivity index (χ1n) is 6.91. The van der Waals surface area contributed by atoms with Crippen molar-refractivity contribution in [1.29, 1.82) is 5.26 Å². The molecule has 1 aliphatic rings. The average Bonchev–Trinajstić information content (AvgIpc) is 2.42. The van der Waals surface area contributed by atoms with Crippen LogP contribution in [0.2, 0.25) is 0 Å². The summed E-state index contributed by atoms with van der Waals surface area (Å²) in [6.45, 7) is 1.66. The Kier molecular flexibility index (Phi) is 3.23. The molecule has 0 bridgehead atoms. The number of nitriles is 1. The van der Waals surface area contributed by atoms with Crippen molar-refractivity contribution in [2.75, 3.05) is 6.54 Å². The van der Waals surface area contributed by atoms with E-state index < -0.39 is 0 Å². The van der Waals surface area contributed by atoms with Crippen LogP contribution in [0.15, 0.2) is 42.5 Å². The van der Waals surface area contributed by atoms with Crippen LogP contribution in [0.25, 0.3) is 10.8 Å². The molecule has 0 atom stereocenters. The van der Waals surface area contributed by atoms with E-state index in [0.717, 1.165) is 25.9 Å². The lowest BCUT2D eigenvalue weighted by atomic mass is 9.70. The molecule has 1 aliphatic carbocycles. The van der Waals surface area contributed by atoms with E-state index >= 15 is 0 Å². The monoisotopic (exact) mass is 250 g/mol. The standard InChI is InChI=1S/C17H18N2/c18-12-17(8-3-9-17)13-19-11-14-6-7-15-4-1-2-5-16(15)10-14/h1-2,4-7,10,19H,3,8-9,11,13H2. The molecule has 2 nitrogen and oxygen atoms in total. The Balaban J connectivity index is 1.64. The van der Waals surface area contributed by atoms with Crippen molar-refractivity contribution in [1.82, 2.24) is 5.32 Å². The van der Waals surface area contributed by atoms with Gasteiger partial charge in [0.15, 0.2) is 0 Å². The number of hydrogen-bond acceptors (Lipinski definition) is 2. The zero-order valence-corrected chi connectivity index (χ0v) is 11.0. The molecule has 1 N–H and O–H groups in total. The number of benzene rings is 2. The molecule has 2 aromatic carbocycles. The van der Waals surface area contributed by atoms with Crippen molar-refractivity contribution >= 4 is 10.8 Å². The van der Waals surface area contributed by atoms with Gasteiger partial charge in [-0.05, 0) is 35.2 Å². The number of nitrogens with zero attached hydrogens (tertiary/aromatic N) is 1. The third kappa shape index (κ3) is 2.47. The lowest BCUT2D eigenvalue weighted by molar-refractivity contribution is 0.206. The Morgan fingerprint density at radius 2 is 1.89 bits per heavy atom. The molecular weight excluding hydrogens is 232 g/mol. The van der Waals surface area contributed by atoms with Gasteiger partial charge in [0.2, 0.25) is 0 Å². The molecule has 0 radical (unpaired) electrons. The molecular formula is C17H18N2. The molecule has 1 saturated carbocycles. The zero-order valence-electron chi connectivity index (χ0n) is 11.0. The van der Waals surface area contributed by atoms with E-state index in [-0.39, 0.29) is 5.41 Å². The number of nitrogens with one attached hydrogen (secondary N) is 1. The first-order chi connectivity index (χ1) is 9.31. The van der Waals surface area contributed by atoms with E-state index in [1.165, 1.54) is 22.8 Å². The summed E-state index contributed by atoms with van der Waals surface area (Å²) in [5, 5.41) is 15.2. The minimum Gasteiger partial charge on any atom is -0.311 e. The van der Waals surface area contributed by atoms with E-state index in [0.29, 0.717) is 0 Å². The van der Waals surface area contributed by atoms with Gasteiger partial charge in [0.1, 0.15) is 0 Å².